The smallest absolute Gasteiger partial charge is 0.349 e. The Morgan fingerprint density at radius 3 is 1.93 bits per heavy atom. The second kappa shape index (κ2) is 8.59. The summed E-state index contributed by atoms with van der Waals surface area (Å²) < 4.78 is 40.0. The van der Waals surface area contributed by atoms with E-state index in [1.807, 2.05) is 13.2 Å². The van der Waals surface area contributed by atoms with Crippen LogP contribution in [-0.2, 0) is 14.4 Å². The molecule has 0 aromatic heterocycles. The molecule has 0 aliphatic rings. The lowest BCUT2D eigenvalue weighted by atomic mass is 10.2. The van der Waals surface area contributed by atoms with Crippen molar-refractivity contribution in [2.24, 2.45) is 0 Å². The standard InChI is InChI=1S/C13H19N3O9S3/c1-8(26-3)9(2)27(4,5)25-16(21)12-7-10(14(17)18)6-11(15(19)20)13(12)28(22,23)24/h6-9H,1-5H3. The van der Waals surface area contributed by atoms with Crippen LogP contribution in [-0.4, -0.2) is 57.0 Å². The first kappa shape index (κ1) is 24.1. The van der Waals surface area contributed by atoms with Gasteiger partial charge in [-0.3, -0.25) is 20.2 Å². The zero-order valence-corrected chi connectivity index (χ0v) is 18.0. The highest BCUT2D eigenvalue weighted by atomic mass is 32.3. The van der Waals surface area contributed by atoms with Crippen LogP contribution in [0.3, 0.4) is 0 Å². The van der Waals surface area contributed by atoms with Crippen molar-refractivity contribution in [3.05, 3.63) is 37.3 Å². The van der Waals surface area contributed by atoms with Gasteiger partial charge in [0.2, 0.25) is 4.90 Å². The van der Waals surface area contributed by atoms with Gasteiger partial charge in [-0.25, -0.2) is 8.42 Å². The molecule has 0 aliphatic carbocycles. The molecule has 1 aromatic rings. The first-order valence-corrected chi connectivity index (χ1v) is 12.6. The maximum Gasteiger partial charge on any atom is 0.349 e. The highest BCUT2D eigenvalue weighted by Gasteiger charge is 2.41. The van der Waals surface area contributed by atoms with Gasteiger partial charge in [0.25, 0.3) is 10.6 Å². The van der Waals surface area contributed by atoms with Gasteiger partial charge >= 0.3 is 11.4 Å². The van der Waals surface area contributed by atoms with E-state index in [1.165, 1.54) is 11.8 Å². The average Bonchev–Trinajstić information content (AvgIpc) is 2.57. The van der Waals surface area contributed by atoms with Gasteiger partial charge in [0.15, 0.2) is 0 Å². The van der Waals surface area contributed by atoms with Crippen molar-refractivity contribution in [1.82, 2.24) is 0 Å². The predicted octanol–water partition coefficient (Wildman–Crippen LogP) is 2.87. The van der Waals surface area contributed by atoms with Crippen molar-refractivity contribution in [1.29, 1.82) is 0 Å². The molecule has 0 N–H and O–H groups in total. The van der Waals surface area contributed by atoms with E-state index in [0.29, 0.717) is 12.1 Å². The molecule has 28 heavy (non-hydrogen) atoms. The third-order valence-electron chi connectivity index (χ3n) is 4.08. The van der Waals surface area contributed by atoms with Crippen molar-refractivity contribution in [3.63, 3.8) is 0 Å². The van der Waals surface area contributed by atoms with E-state index in [-0.39, 0.29) is 15.4 Å². The number of nitro benzene ring substituents is 2. The molecule has 1 aromatic carbocycles. The predicted molar refractivity (Wildman–Crippen MR) is 104 cm³/mol. The Hall–Kier alpha value is -1.97. The number of benzene rings is 1. The Balaban J connectivity index is 3.63. The summed E-state index contributed by atoms with van der Waals surface area (Å²) in [5.41, 5.74) is -3.42. The highest BCUT2D eigenvalue weighted by Crippen LogP contribution is 2.51. The second-order valence-electron chi connectivity index (χ2n) is 6.07. The lowest BCUT2D eigenvalue weighted by Crippen LogP contribution is -2.26. The summed E-state index contributed by atoms with van der Waals surface area (Å²) >= 11 is 1.50. The summed E-state index contributed by atoms with van der Waals surface area (Å²) in [6.07, 6.45) is 5.05. The van der Waals surface area contributed by atoms with E-state index < -0.39 is 52.2 Å². The minimum atomic E-state index is -5.52. The van der Waals surface area contributed by atoms with Gasteiger partial charge in [0, 0.05) is 23.0 Å². The van der Waals surface area contributed by atoms with Crippen molar-refractivity contribution >= 4 is 49.3 Å². The Labute approximate surface area is 166 Å². The molecule has 12 nitrogen and oxygen atoms in total. The summed E-state index contributed by atoms with van der Waals surface area (Å²) in [6, 6.07) is 0.765. The van der Waals surface area contributed by atoms with Crippen LogP contribution in [0.25, 0.3) is 0 Å². The molecule has 2 atom stereocenters. The number of hydrogen-bond donors (Lipinski definition) is 0. The van der Waals surface area contributed by atoms with Crippen LogP contribution in [0.15, 0.2) is 17.0 Å². The Morgan fingerprint density at radius 2 is 1.54 bits per heavy atom. The molecule has 158 valence electrons. The van der Waals surface area contributed by atoms with Crippen LogP contribution in [0.1, 0.15) is 13.8 Å². The fourth-order valence-corrected chi connectivity index (χ4v) is 5.94. The largest absolute Gasteiger partial charge is 0.744 e. The van der Waals surface area contributed by atoms with Crippen molar-refractivity contribution in [2.45, 2.75) is 29.2 Å². The van der Waals surface area contributed by atoms with E-state index in [2.05, 4.69) is 0 Å². The van der Waals surface area contributed by atoms with Gasteiger partial charge in [0.05, 0.1) is 20.8 Å². The zero-order chi connectivity index (χ0) is 22.0. The lowest BCUT2D eigenvalue weighted by molar-refractivity contribution is -0.698. The summed E-state index contributed by atoms with van der Waals surface area (Å²) in [7, 11) is -7.72. The molecule has 1 rings (SSSR count). The quantitative estimate of drug-likeness (QED) is 0.305. The van der Waals surface area contributed by atoms with E-state index in [9.17, 15) is 38.1 Å². The van der Waals surface area contributed by atoms with Gasteiger partial charge < -0.3 is 4.55 Å². The van der Waals surface area contributed by atoms with Crippen LogP contribution in [0.5, 0.6) is 0 Å². The molecule has 0 heterocycles. The Bertz CT molecular complexity index is 917. The molecule has 0 amide bonds. The summed E-state index contributed by atoms with van der Waals surface area (Å²) in [5, 5.41) is 22.1. The SMILES string of the molecule is CSC(C)C(C)S(C)(C)O[N+](=O)c1cc([N+](=O)[O-])cc([N+](=O)[O-])c1S(=O)(=O)[O-]. The summed E-state index contributed by atoms with van der Waals surface area (Å²) in [5.74, 6) is 0. The normalized spacial score (nSPS) is 14.8. The third kappa shape index (κ3) is 5.30. The highest BCUT2D eigenvalue weighted by molar-refractivity contribution is 8.29. The van der Waals surface area contributed by atoms with Crippen LogP contribution >= 0.6 is 22.1 Å². The second-order valence-corrected chi connectivity index (χ2v) is 12.1. The van der Waals surface area contributed by atoms with Gasteiger partial charge in [0.1, 0.15) is 16.2 Å². The zero-order valence-electron chi connectivity index (χ0n) is 15.6. The van der Waals surface area contributed by atoms with Crippen LogP contribution < -0.4 is 0 Å². The summed E-state index contributed by atoms with van der Waals surface area (Å²) in [6.45, 7) is 3.68. The molecule has 0 saturated carbocycles. The molecular weight excluding hydrogens is 438 g/mol. The fraction of sp³-hybridized carbons (Fsp3) is 0.538. The molecule has 0 fully saturated rings. The maximum absolute atomic E-state index is 12.6. The van der Waals surface area contributed by atoms with E-state index in [4.69, 9.17) is 4.28 Å². The van der Waals surface area contributed by atoms with E-state index in [1.54, 1.807) is 19.4 Å². The number of non-ortho nitro benzene ring substituents is 1. The van der Waals surface area contributed by atoms with Crippen LogP contribution in [0, 0.1) is 25.1 Å². The van der Waals surface area contributed by atoms with E-state index in [0.717, 1.165) is 0 Å². The van der Waals surface area contributed by atoms with E-state index >= 15 is 0 Å². The first-order chi connectivity index (χ1) is 12.6. The molecule has 0 radical (unpaired) electrons. The Kier molecular flexibility index (Phi) is 7.38. The van der Waals surface area contributed by atoms with Crippen molar-refractivity contribution in [3.8, 4) is 0 Å². The van der Waals surface area contributed by atoms with Crippen LogP contribution in [0.4, 0.5) is 17.1 Å². The third-order valence-corrected chi connectivity index (χ3v) is 9.04. The molecule has 0 spiro atoms. The first-order valence-electron chi connectivity index (χ1n) is 7.48. The molecule has 2 unspecified atom stereocenters. The maximum atomic E-state index is 12.6. The van der Waals surface area contributed by atoms with Crippen molar-refractivity contribution < 1.29 is 32.0 Å². The molecule has 0 saturated heterocycles. The average molecular weight is 458 g/mol. The molecule has 0 aliphatic heterocycles. The molecule has 0 bridgehead atoms. The fourth-order valence-electron chi connectivity index (χ4n) is 2.15. The monoisotopic (exact) mass is 457 g/mol. The number of nitrogens with zero attached hydrogens (tertiary/aromatic N) is 3. The van der Waals surface area contributed by atoms with Gasteiger partial charge in [-0.05, 0) is 16.6 Å². The van der Waals surface area contributed by atoms with Gasteiger partial charge in [-0.1, -0.05) is 13.8 Å². The summed E-state index contributed by atoms with van der Waals surface area (Å²) in [4.78, 5) is 30.6. The number of hydrogen-bond acceptors (Lipinski definition) is 10. The van der Waals surface area contributed by atoms with Crippen molar-refractivity contribution in [2.75, 3.05) is 18.8 Å². The number of thioether (sulfide) groups is 1. The topological polar surface area (TPSA) is 173 Å². The number of rotatable bonds is 9. The van der Waals surface area contributed by atoms with Crippen LogP contribution in [0.2, 0.25) is 0 Å². The lowest BCUT2D eigenvalue weighted by Gasteiger charge is -2.33. The van der Waals surface area contributed by atoms with Gasteiger partial charge in [-0.15, -0.1) is 0 Å². The van der Waals surface area contributed by atoms with Gasteiger partial charge in [-0.2, -0.15) is 16.0 Å². The Morgan fingerprint density at radius 1 is 1.04 bits per heavy atom. The molecule has 15 heteroatoms. The number of nitro groups is 2. The molecular formula is C13H19N3O9S3. The minimum absolute atomic E-state index is 0.0422. The minimum Gasteiger partial charge on any atom is -0.744 e.